The van der Waals surface area contributed by atoms with E-state index in [0.717, 1.165) is 32.6 Å². The number of hydrogen-bond acceptors (Lipinski definition) is 5. The lowest BCUT2D eigenvalue weighted by atomic mass is 9.99. The Labute approximate surface area is 110 Å². The van der Waals surface area contributed by atoms with E-state index in [9.17, 15) is 5.11 Å². The fraction of sp³-hybridized carbons (Fsp3) is 1.00. The summed E-state index contributed by atoms with van der Waals surface area (Å²) in [5, 5.41) is 12.8. The molecule has 0 bridgehead atoms. The van der Waals surface area contributed by atoms with E-state index in [0.29, 0.717) is 0 Å². The standard InChI is InChI=1S/C13H28N2O3/c1-5-14-13(2,10-16)6-7-15-8-11(17-3)12(9-15)18-4/h11-12,14,16H,5-10H2,1-4H3. The Balaban J connectivity index is 2.40. The first-order valence-electron chi connectivity index (χ1n) is 6.72. The van der Waals surface area contributed by atoms with Crippen LogP contribution in [-0.4, -0.2) is 74.8 Å². The quantitative estimate of drug-likeness (QED) is 0.647. The molecule has 18 heavy (non-hydrogen) atoms. The molecule has 5 heteroatoms. The van der Waals surface area contributed by atoms with Crippen molar-refractivity contribution in [2.75, 3.05) is 47.0 Å². The number of methoxy groups -OCH3 is 2. The lowest BCUT2D eigenvalue weighted by Crippen LogP contribution is -2.47. The molecule has 1 fully saturated rings. The van der Waals surface area contributed by atoms with Gasteiger partial charge in [-0.3, -0.25) is 4.90 Å². The van der Waals surface area contributed by atoms with E-state index in [4.69, 9.17) is 9.47 Å². The van der Waals surface area contributed by atoms with Crippen molar-refractivity contribution in [3.05, 3.63) is 0 Å². The summed E-state index contributed by atoms with van der Waals surface area (Å²) in [6, 6.07) is 0. The van der Waals surface area contributed by atoms with Crippen LogP contribution < -0.4 is 5.32 Å². The molecule has 0 aromatic rings. The van der Waals surface area contributed by atoms with Crippen molar-refractivity contribution < 1.29 is 14.6 Å². The van der Waals surface area contributed by atoms with E-state index in [-0.39, 0.29) is 24.4 Å². The number of aliphatic hydroxyl groups is 1. The first kappa shape index (κ1) is 15.9. The molecule has 0 aliphatic carbocycles. The Kier molecular flexibility index (Phi) is 6.52. The Morgan fingerprint density at radius 1 is 1.28 bits per heavy atom. The molecule has 1 saturated heterocycles. The maximum atomic E-state index is 9.46. The molecular weight excluding hydrogens is 232 g/mol. The van der Waals surface area contributed by atoms with Gasteiger partial charge in [0.15, 0.2) is 0 Å². The third-order valence-corrected chi connectivity index (χ3v) is 3.83. The molecule has 3 atom stereocenters. The van der Waals surface area contributed by atoms with Gasteiger partial charge in [0.1, 0.15) is 0 Å². The van der Waals surface area contributed by atoms with Gasteiger partial charge < -0.3 is 19.9 Å². The van der Waals surface area contributed by atoms with Crippen molar-refractivity contribution >= 4 is 0 Å². The van der Waals surface area contributed by atoms with Crippen LogP contribution in [0, 0.1) is 0 Å². The first-order valence-corrected chi connectivity index (χ1v) is 6.72. The van der Waals surface area contributed by atoms with Crippen LogP contribution in [0.5, 0.6) is 0 Å². The van der Waals surface area contributed by atoms with Crippen molar-refractivity contribution in [3.63, 3.8) is 0 Å². The number of ether oxygens (including phenoxy) is 2. The highest BCUT2D eigenvalue weighted by molar-refractivity contribution is 4.89. The second-order valence-corrected chi connectivity index (χ2v) is 5.31. The molecule has 1 aliphatic heterocycles. The summed E-state index contributed by atoms with van der Waals surface area (Å²) in [7, 11) is 3.47. The fourth-order valence-corrected chi connectivity index (χ4v) is 2.51. The van der Waals surface area contributed by atoms with E-state index in [1.807, 2.05) is 0 Å². The van der Waals surface area contributed by atoms with Crippen molar-refractivity contribution in [1.82, 2.24) is 10.2 Å². The summed E-state index contributed by atoms with van der Waals surface area (Å²) in [5.41, 5.74) is -0.192. The van der Waals surface area contributed by atoms with Gasteiger partial charge in [-0.25, -0.2) is 0 Å². The Morgan fingerprint density at radius 2 is 1.83 bits per heavy atom. The minimum atomic E-state index is -0.192. The minimum absolute atomic E-state index is 0.162. The molecule has 2 N–H and O–H groups in total. The monoisotopic (exact) mass is 260 g/mol. The van der Waals surface area contributed by atoms with Gasteiger partial charge in [0.2, 0.25) is 0 Å². The molecule has 1 rings (SSSR count). The minimum Gasteiger partial charge on any atom is -0.394 e. The highest BCUT2D eigenvalue weighted by Crippen LogP contribution is 2.18. The largest absolute Gasteiger partial charge is 0.394 e. The predicted octanol–water partition coefficient (Wildman–Crippen LogP) is 0.0826. The van der Waals surface area contributed by atoms with Gasteiger partial charge in [0.05, 0.1) is 18.8 Å². The molecule has 0 aromatic heterocycles. The van der Waals surface area contributed by atoms with Crippen molar-refractivity contribution in [2.45, 2.75) is 38.0 Å². The van der Waals surface area contributed by atoms with Crippen molar-refractivity contribution in [1.29, 1.82) is 0 Å². The molecule has 3 unspecified atom stereocenters. The van der Waals surface area contributed by atoms with Crippen molar-refractivity contribution in [2.24, 2.45) is 0 Å². The molecular formula is C13H28N2O3. The van der Waals surface area contributed by atoms with Crippen LogP contribution in [0.3, 0.4) is 0 Å². The van der Waals surface area contributed by atoms with Crippen LogP contribution in [0.25, 0.3) is 0 Å². The van der Waals surface area contributed by atoms with Crippen LogP contribution in [0.1, 0.15) is 20.3 Å². The Bertz CT molecular complexity index is 228. The van der Waals surface area contributed by atoms with Gasteiger partial charge in [-0.05, 0) is 19.9 Å². The summed E-state index contributed by atoms with van der Waals surface area (Å²) < 4.78 is 10.8. The van der Waals surface area contributed by atoms with Gasteiger partial charge in [0, 0.05) is 39.4 Å². The topological polar surface area (TPSA) is 54.0 Å². The van der Waals surface area contributed by atoms with Crippen LogP contribution in [0.4, 0.5) is 0 Å². The highest BCUT2D eigenvalue weighted by atomic mass is 16.5. The zero-order valence-corrected chi connectivity index (χ0v) is 12.1. The Hall–Kier alpha value is -0.200. The molecule has 1 aliphatic rings. The molecule has 0 saturated carbocycles. The number of rotatable bonds is 8. The number of aliphatic hydroxyl groups excluding tert-OH is 1. The van der Waals surface area contributed by atoms with Gasteiger partial charge in [-0.1, -0.05) is 6.92 Å². The second kappa shape index (κ2) is 7.40. The van der Waals surface area contributed by atoms with Crippen LogP contribution >= 0.6 is 0 Å². The average molecular weight is 260 g/mol. The number of likely N-dealkylation sites (N-methyl/N-ethyl adjacent to an activating group) is 1. The van der Waals surface area contributed by atoms with Gasteiger partial charge in [-0.2, -0.15) is 0 Å². The van der Waals surface area contributed by atoms with E-state index in [1.54, 1.807) is 14.2 Å². The summed E-state index contributed by atoms with van der Waals surface area (Å²) in [6.45, 7) is 7.92. The van der Waals surface area contributed by atoms with E-state index < -0.39 is 0 Å². The maximum absolute atomic E-state index is 9.46. The fourth-order valence-electron chi connectivity index (χ4n) is 2.51. The first-order chi connectivity index (χ1) is 8.58. The van der Waals surface area contributed by atoms with Crippen LogP contribution in [-0.2, 0) is 9.47 Å². The molecule has 0 amide bonds. The average Bonchev–Trinajstić information content (AvgIpc) is 2.79. The predicted molar refractivity (Wildman–Crippen MR) is 71.8 cm³/mol. The zero-order valence-electron chi connectivity index (χ0n) is 12.1. The summed E-state index contributed by atoms with van der Waals surface area (Å²) in [4.78, 5) is 2.34. The van der Waals surface area contributed by atoms with E-state index >= 15 is 0 Å². The zero-order chi connectivity index (χ0) is 13.6. The summed E-state index contributed by atoms with van der Waals surface area (Å²) in [6.07, 6.45) is 1.24. The van der Waals surface area contributed by atoms with Gasteiger partial charge in [0.25, 0.3) is 0 Å². The van der Waals surface area contributed by atoms with Crippen LogP contribution in [0.2, 0.25) is 0 Å². The molecule has 0 radical (unpaired) electrons. The molecule has 5 nitrogen and oxygen atoms in total. The SMILES string of the molecule is CCNC(C)(CO)CCN1CC(OC)C(OC)C1. The van der Waals surface area contributed by atoms with E-state index in [2.05, 4.69) is 24.1 Å². The Morgan fingerprint density at radius 3 is 2.22 bits per heavy atom. The second-order valence-electron chi connectivity index (χ2n) is 5.31. The normalized spacial score (nSPS) is 28.5. The molecule has 0 aromatic carbocycles. The molecule has 108 valence electrons. The molecule has 1 heterocycles. The third kappa shape index (κ3) is 4.17. The maximum Gasteiger partial charge on any atom is 0.0971 e. The number of nitrogens with zero attached hydrogens (tertiary/aromatic N) is 1. The summed E-state index contributed by atoms with van der Waals surface area (Å²) >= 11 is 0. The lowest BCUT2D eigenvalue weighted by Gasteiger charge is -2.30. The lowest BCUT2D eigenvalue weighted by molar-refractivity contribution is -0.00461. The highest BCUT2D eigenvalue weighted by Gasteiger charge is 2.33. The smallest absolute Gasteiger partial charge is 0.0971 e. The van der Waals surface area contributed by atoms with Gasteiger partial charge in [-0.15, -0.1) is 0 Å². The number of hydrogen-bond donors (Lipinski definition) is 2. The molecule has 0 spiro atoms. The summed E-state index contributed by atoms with van der Waals surface area (Å²) in [5.74, 6) is 0. The number of likely N-dealkylation sites (tertiary alicyclic amines) is 1. The van der Waals surface area contributed by atoms with E-state index in [1.165, 1.54) is 0 Å². The van der Waals surface area contributed by atoms with Crippen molar-refractivity contribution in [3.8, 4) is 0 Å². The van der Waals surface area contributed by atoms with Crippen LogP contribution in [0.15, 0.2) is 0 Å². The number of nitrogens with one attached hydrogen (secondary N) is 1. The third-order valence-electron chi connectivity index (χ3n) is 3.83. The van der Waals surface area contributed by atoms with Gasteiger partial charge >= 0.3 is 0 Å².